The van der Waals surface area contributed by atoms with Crippen molar-refractivity contribution in [3.63, 3.8) is 0 Å². The van der Waals surface area contributed by atoms with Crippen molar-refractivity contribution in [3.8, 4) is 0 Å². The SMILES string of the molecule is O=C1CC2=CC(=O)C3=C(CCC4NCCCC34)C2C1. The van der Waals surface area contributed by atoms with Crippen molar-refractivity contribution in [2.75, 3.05) is 6.54 Å². The van der Waals surface area contributed by atoms with Gasteiger partial charge in [0.05, 0.1) is 0 Å². The molecule has 1 N–H and O–H groups in total. The first-order chi connectivity index (χ1) is 9.24. The Hall–Kier alpha value is -1.22. The van der Waals surface area contributed by atoms with Crippen LogP contribution in [0.15, 0.2) is 22.8 Å². The van der Waals surface area contributed by atoms with Gasteiger partial charge in [-0.25, -0.2) is 0 Å². The highest BCUT2D eigenvalue weighted by Crippen LogP contribution is 2.47. The minimum absolute atomic E-state index is 0.203. The minimum Gasteiger partial charge on any atom is -0.313 e. The summed E-state index contributed by atoms with van der Waals surface area (Å²) in [6.07, 6.45) is 7.37. The van der Waals surface area contributed by atoms with Gasteiger partial charge in [-0.05, 0) is 38.3 Å². The smallest absolute Gasteiger partial charge is 0.182 e. The molecule has 0 aromatic carbocycles. The third kappa shape index (κ3) is 1.68. The van der Waals surface area contributed by atoms with E-state index in [2.05, 4.69) is 5.32 Å². The van der Waals surface area contributed by atoms with Gasteiger partial charge in [0.1, 0.15) is 5.78 Å². The first kappa shape index (κ1) is 11.6. The van der Waals surface area contributed by atoms with Crippen LogP contribution in [0.2, 0.25) is 0 Å². The van der Waals surface area contributed by atoms with Crippen LogP contribution in [0.5, 0.6) is 0 Å². The van der Waals surface area contributed by atoms with Crippen molar-refractivity contribution in [2.45, 2.75) is 44.6 Å². The number of carbonyl (C=O) groups is 2. The Kier molecular flexibility index (Phi) is 2.52. The number of Topliss-reactive ketones (excluding diaryl/α,β-unsaturated/α-hetero) is 1. The molecule has 1 aliphatic heterocycles. The van der Waals surface area contributed by atoms with Crippen LogP contribution in [-0.4, -0.2) is 24.2 Å². The molecule has 3 nitrogen and oxygen atoms in total. The molecule has 0 aromatic heterocycles. The molecule has 0 radical (unpaired) electrons. The zero-order chi connectivity index (χ0) is 13.0. The number of ketones is 2. The van der Waals surface area contributed by atoms with Crippen LogP contribution in [0.4, 0.5) is 0 Å². The van der Waals surface area contributed by atoms with Gasteiger partial charge in [-0.2, -0.15) is 0 Å². The van der Waals surface area contributed by atoms with E-state index in [4.69, 9.17) is 0 Å². The van der Waals surface area contributed by atoms with Crippen LogP contribution in [0, 0.1) is 11.8 Å². The Morgan fingerprint density at radius 3 is 3.00 bits per heavy atom. The third-order valence-corrected chi connectivity index (χ3v) is 5.31. The van der Waals surface area contributed by atoms with Crippen LogP contribution >= 0.6 is 0 Å². The Balaban J connectivity index is 1.76. The van der Waals surface area contributed by atoms with Gasteiger partial charge in [0.15, 0.2) is 5.78 Å². The summed E-state index contributed by atoms with van der Waals surface area (Å²) in [7, 11) is 0. The normalized spacial score (nSPS) is 37.7. The summed E-state index contributed by atoms with van der Waals surface area (Å²) in [5.74, 6) is 1.19. The van der Waals surface area contributed by atoms with E-state index in [9.17, 15) is 9.59 Å². The standard InChI is InChI=1S/C16H19NO2/c18-10-6-9-7-15(19)16-11(13(9)8-10)3-4-14-12(16)2-1-5-17-14/h7,12-14,17H,1-6,8H2. The summed E-state index contributed by atoms with van der Waals surface area (Å²) < 4.78 is 0. The molecule has 0 spiro atoms. The maximum atomic E-state index is 12.5. The fraction of sp³-hybridized carbons (Fsp3) is 0.625. The van der Waals surface area contributed by atoms with Crippen molar-refractivity contribution < 1.29 is 9.59 Å². The van der Waals surface area contributed by atoms with Gasteiger partial charge in [-0.1, -0.05) is 11.1 Å². The van der Waals surface area contributed by atoms with E-state index in [0.717, 1.165) is 43.4 Å². The largest absolute Gasteiger partial charge is 0.313 e. The quantitative estimate of drug-likeness (QED) is 0.721. The molecule has 3 atom stereocenters. The van der Waals surface area contributed by atoms with Gasteiger partial charge < -0.3 is 5.32 Å². The molecule has 0 bridgehead atoms. The van der Waals surface area contributed by atoms with Gasteiger partial charge in [0, 0.05) is 36.3 Å². The number of piperidine rings is 1. The van der Waals surface area contributed by atoms with E-state index >= 15 is 0 Å². The van der Waals surface area contributed by atoms with Gasteiger partial charge in [-0.15, -0.1) is 0 Å². The molecule has 1 heterocycles. The molecular weight excluding hydrogens is 238 g/mol. The summed E-state index contributed by atoms with van der Waals surface area (Å²) in [4.78, 5) is 24.1. The zero-order valence-electron chi connectivity index (χ0n) is 11.1. The second kappa shape index (κ2) is 4.14. The summed E-state index contributed by atoms with van der Waals surface area (Å²) >= 11 is 0. The second-order valence-electron chi connectivity index (χ2n) is 6.34. The molecule has 19 heavy (non-hydrogen) atoms. The van der Waals surface area contributed by atoms with E-state index in [1.165, 1.54) is 5.57 Å². The lowest BCUT2D eigenvalue weighted by Crippen LogP contribution is -2.46. The Bertz CT molecular complexity index is 529. The maximum Gasteiger partial charge on any atom is 0.182 e. The molecule has 4 aliphatic rings. The van der Waals surface area contributed by atoms with Crippen molar-refractivity contribution >= 4 is 11.6 Å². The van der Waals surface area contributed by atoms with Crippen LogP contribution in [0.25, 0.3) is 0 Å². The third-order valence-electron chi connectivity index (χ3n) is 5.31. The molecule has 4 rings (SSSR count). The van der Waals surface area contributed by atoms with Crippen LogP contribution in [0.3, 0.4) is 0 Å². The average molecular weight is 257 g/mol. The topological polar surface area (TPSA) is 46.2 Å². The summed E-state index contributed by atoms with van der Waals surface area (Å²) in [5, 5.41) is 3.57. The first-order valence-electron chi connectivity index (χ1n) is 7.47. The fourth-order valence-electron chi connectivity index (χ4n) is 4.51. The highest BCUT2D eigenvalue weighted by atomic mass is 16.1. The fourth-order valence-corrected chi connectivity index (χ4v) is 4.51. The Morgan fingerprint density at radius 1 is 1.21 bits per heavy atom. The van der Waals surface area contributed by atoms with Crippen LogP contribution in [-0.2, 0) is 9.59 Å². The minimum atomic E-state index is 0.203. The molecule has 1 saturated carbocycles. The number of carbonyl (C=O) groups excluding carboxylic acids is 2. The average Bonchev–Trinajstić information content (AvgIpc) is 2.78. The number of allylic oxidation sites excluding steroid dienone is 3. The molecule has 100 valence electrons. The number of nitrogens with one attached hydrogen (secondary N) is 1. The maximum absolute atomic E-state index is 12.5. The van der Waals surface area contributed by atoms with E-state index in [1.54, 1.807) is 6.08 Å². The highest BCUT2D eigenvalue weighted by molar-refractivity contribution is 6.08. The lowest BCUT2D eigenvalue weighted by molar-refractivity contribution is -0.117. The molecule has 3 unspecified atom stereocenters. The molecule has 0 amide bonds. The van der Waals surface area contributed by atoms with E-state index < -0.39 is 0 Å². The Morgan fingerprint density at radius 2 is 2.11 bits per heavy atom. The van der Waals surface area contributed by atoms with Crippen molar-refractivity contribution in [1.82, 2.24) is 5.32 Å². The number of hydrogen-bond donors (Lipinski definition) is 1. The van der Waals surface area contributed by atoms with Crippen molar-refractivity contribution in [1.29, 1.82) is 0 Å². The second-order valence-corrected chi connectivity index (χ2v) is 6.34. The first-order valence-corrected chi connectivity index (χ1v) is 7.47. The molecule has 0 aromatic rings. The highest BCUT2D eigenvalue weighted by Gasteiger charge is 2.43. The van der Waals surface area contributed by atoms with Gasteiger partial charge >= 0.3 is 0 Å². The predicted molar refractivity (Wildman–Crippen MR) is 71.6 cm³/mol. The molecule has 2 fully saturated rings. The monoisotopic (exact) mass is 257 g/mol. The lowest BCUT2D eigenvalue weighted by Gasteiger charge is -2.41. The predicted octanol–water partition coefficient (Wildman–Crippen LogP) is 1.93. The number of hydrogen-bond acceptors (Lipinski definition) is 3. The number of fused-ring (bicyclic) bond motifs is 4. The molecular formula is C16H19NO2. The molecule has 3 heteroatoms. The van der Waals surface area contributed by atoms with Gasteiger partial charge in [0.25, 0.3) is 0 Å². The van der Waals surface area contributed by atoms with Crippen LogP contribution < -0.4 is 5.32 Å². The van der Waals surface area contributed by atoms with Crippen molar-refractivity contribution in [2.24, 2.45) is 11.8 Å². The lowest BCUT2D eigenvalue weighted by atomic mass is 9.67. The summed E-state index contributed by atoms with van der Waals surface area (Å²) in [6, 6.07) is 0.489. The summed E-state index contributed by atoms with van der Waals surface area (Å²) in [5.41, 5.74) is 3.49. The summed E-state index contributed by atoms with van der Waals surface area (Å²) in [6.45, 7) is 1.08. The van der Waals surface area contributed by atoms with Crippen molar-refractivity contribution in [3.05, 3.63) is 22.8 Å². The molecule has 1 saturated heterocycles. The van der Waals surface area contributed by atoms with Crippen LogP contribution in [0.1, 0.15) is 38.5 Å². The van der Waals surface area contributed by atoms with E-state index in [1.807, 2.05) is 0 Å². The van der Waals surface area contributed by atoms with E-state index in [-0.39, 0.29) is 11.7 Å². The Labute approximate surface area is 113 Å². The number of rotatable bonds is 0. The zero-order valence-corrected chi connectivity index (χ0v) is 11.1. The van der Waals surface area contributed by atoms with E-state index in [0.29, 0.717) is 30.6 Å². The molecule has 3 aliphatic carbocycles. The van der Waals surface area contributed by atoms with Gasteiger partial charge in [-0.3, -0.25) is 9.59 Å². The van der Waals surface area contributed by atoms with Gasteiger partial charge in [0.2, 0.25) is 0 Å².